The molecule has 1 rings (SSSR count). The van der Waals surface area contributed by atoms with Crippen LogP contribution in [0.1, 0.15) is 23.8 Å². The summed E-state index contributed by atoms with van der Waals surface area (Å²) in [7, 11) is 0. The van der Waals surface area contributed by atoms with Gasteiger partial charge in [-0.3, -0.25) is 9.59 Å². The van der Waals surface area contributed by atoms with E-state index in [4.69, 9.17) is 18.0 Å². The lowest BCUT2D eigenvalue weighted by molar-refractivity contribution is 0.0940. The van der Waals surface area contributed by atoms with Crippen LogP contribution in [0.3, 0.4) is 0 Å². The van der Waals surface area contributed by atoms with E-state index in [2.05, 4.69) is 15.5 Å². The van der Waals surface area contributed by atoms with Crippen LogP contribution >= 0.6 is 12.2 Å². The van der Waals surface area contributed by atoms with E-state index >= 15 is 0 Å². The zero-order chi connectivity index (χ0) is 12.1. The van der Waals surface area contributed by atoms with Gasteiger partial charge < -0.3 is 11.1 Å². The van der Waals surface area contributed by atoms with Crippen molar-refractivity contribution in [2.75, 3.05) is 0 Å². The summed E-state index contributed by atoms with van der Waals surface area (Å²) in [6.07, 6.45) is 0.602. The number of aromatic amines is 1. The molecule has 1 atom stereocenters. The van der Waals surface area contributed by atoms with Crippen molar-refractivity contribution in [3.05, 3.63) is 28.2 Å². The van der Waals surface area contributed by atoms with Crippen molar-refractivity contribution < 1.29 is 4.79 Å². The normalized spacial score (nSPS) is 11.8. The second kappa shape index (κ2) is 5.36. The molecule has 1 amide bonds. The Morgan fingerprint density at radius 3 is 2.81 bits per heavy atom. The maximum atomic E-state index is 11.6. The number of carbonyl (C=O) groups excluding carboxylic acids is 1. The Balaban J connectivity index is 2.75. The van der Waals surface area contributed by atoms with E-state index in [1.807, 2.05) is 6.92 Å². The highest BCUT2D eigenvalue weighted by molar-refractivity contribution is 7.80. The molecule has 0 aromatic carbocycles. The summed E-state index contributed by atoms with van der Waals surface area (Å²) in [5.74, 6) is -0.420. The monoisotopic (exact) mass is 240 g/mol. The Kier molecular flexibility index (Phi) is 4.12. The van der Waals surface area contributed by atoms with Crippen LogP contribution in [0.25, 0.3) is 0 Å². The maximum absolute atomic E-state index is 11.6. The molecule has 1 heterocycles. The van der Waals surface area contributed by atoms with Gasteiger partial charge in [0.1, 0.15) is 5.69 Å². The van der Waals surface area contributed by atoms with E-state index in [1.54, 1.807) is 0 Å². The molecule has 0 bridgehead atoms. The van der Waals surface area contributed by atoms with Gasteiger partial charge in [-0.05, 0) is 12.5 Å². The minimum atomic E-state index is -0.420. The van der Waals surface area contributed by atoms with Gasteiger partial charge in [0, 0.05) is 6.07 Å². The summed E-state index contributed by atoms with van der Waals surface area (Å²) in [4.78, 5) is 22.6. The average Bonchev–Trinajstić information content (AvgIpc) is 2.26. The minimum Gasteiger partial charge on any atom is -0.392 e. The van der Waals surface area contributed by atoms with Gasteiger partial charge in [-0.1, -0.05) is 19.1 Å². The van der Waals surface area contributed by atoms with Crippen molar-refractivity contribution in [2.24, 2.45) is 5.73 Å². The van der Waals surface area contributed by atoms with Gasteiger partial charge in [0.2, 0.25) is 0 Å². The highest BCUT2D eigenvalue weighted by atomic mass is 32.1. The van der Waals surface area contributed by atoms with E-state index in [0.29, 0.717) is 6.42 Å². The number of aromatic nitrogens is 2. The Labute approximate surface area is 97.2 Å². The van der Waals surface area contributed by atoms with Crippen LogP contribution in [-0.4, -0.2) is 27.1 Å². The molecule has 6 nitrogen and oxygen atoms in total. The van der Waals surface area contributed by atoms with E-state index in [1.165, 1.54) is 12.1 Å². The minimum absolute atomic E-state index is 0.120. The van der Waals surface area contributed by atoms with Crippen LogP contribution in [0, 0.1) is 0 Å². The van der Waals surface area contributed by atoms with Crippen molar-refractivity contribution in [3.8, 4) is 0 Å². The second-order valence-electron chi connectivity index (χ2n) is 3.14. The third-order valence-corrected chi connectivity index (χ3v) is 2.25. The first-order valence-corrected chi connectivity index (χ1v) is 5.11. The zero-order valence-corrected chi connectivity index (χ0v) is 9.50. The molecule has 0 aliphatic carbocycles. The van der Waals surface area contributed by atoms with E-state index in [0.717, 1.165) is 0 Å². The number of hydrogen-bond acceptors (Lipinski definition) is 4. The van der Waals surface area contributed by atoms with Crippen LogP contribution in [0.4, 0.5) is 0 Å². The van der Waals surface area contributed by atoms with Crippen molar-refractivity contribution in [2.45, 2.75) is 19.4 Å². The molecule has 1 aromatic rings. The number of hydrogen-bond donors (Lipinski definition) is 3. The number of nitrogens with two attached hydrogens (primary N) is 1. The maximum Gasteiger partial charge on any atom is 0.272 e. The van der Waals surface area contributed by atoms with Gasteiger partial charge in [-0.25, -0.2) is 5.10 Å². The van der Waals surface area contributed by atoms with Gasteiger partial charge in [0.25, 0.3) is 11.5 Å². The topological polar surface area (TPSA) is 101 Å². The summed E-state index contributed by atoms with van der Waals surface area (Å²) in [6.45, 7) is 1.85. The molecule has 16 heavy (non-hydrogen) atoms. The zero-order valence-electron chi connectivity index (χ0n) is 8.69. The number of nitrogens with zero attached hydrogens (tertiary/aromatic N) is 1. The number of rotatable bonds is 4. The van der Waals surface area contributed by atoms with Crippen LogP contribution in [-0.2, 0) is 0 Å². The first-order chi connectivity index (χ1) is 7.54. The fourth-order valence-electron chi connectivity index (χ4n) is 1.08. The first-order valence-electron chi connectivity index (χ1n) is 4.70. The van der Waals surface area contributed by atoms with Gasteiger partial charge >= 0.3 is 0 Å². The Bertz CT molecular complexity index is 437. The molecule has 0 aliphatic rings. The molecule has 86 valence electrons. The average molecular weight is 240 g/mol. The number of H-pyrrole nitrogens is 1. The van der Waals surface area contributed by atoms with Crippen molar-refractivity contribution in [1.82, 2.24) is 15.5 Å². The van der Waals surface area contributed by atoms with Crippen LogP contribution in [0.5, 0.6) is 0 Å². The SMILES string of the molecule is CCC(NC(=O)c1ccc(=O)[nH]n1)C(N)=S. The third-order valence-electron chi connectivity index (χ3n) is 1.97. The van der Waals surface area contributed by atoms with E-state index in [-0.39, 0.29) is 22.3 Å². The lowest BCUT2D eigenvalue weighted by Gasteiger charge is -2.14. The molecule has 0 saturated heterocycles. The Morgan fingerprint density at radius 2 is 2.38 bits per heavy atom. The highest BCUT2D eigenvalue weighted by Crippen LogP contribution is 1.95. The standard InChI is InChI=1S/C9H12N4O2S/c1-2-5(8(10)16)11-9(15)6-3-4-7(14)13-12-6/h3-5H,2H2,1H3,(H2,10,16)(H,11,15)(H,13,14). The molecule has 0 aliphatic heterocycles. The van der Waals surface area contributed by atoms with Crippen LogP contribution < -0.4 is 16.6 Å². The van der Waals surface area contributed by atoms with Gasteiger partial charge in [0.05, 0.1) is 11.0 Å². The van der Waals surface area contributed by atoms with Crippen molar-refractivity contribution >= 4 is 23.1 Å². The summed E-state index contributed by atoms with van der Waals surface area (Å²) in [6, 6.07) is 2.20. The predicted octanol–water partition coefficient (Wildman–Crippen LogP) is -0.436. The molecule has 0 spiro atoms. The summed E-state index contributed by atoms with van der Waals surface area (Å²) < 4.78 is 0. The molecular formula is C9H12N4O2S. The molecule has 0 fully saturated rings. The Hall–Kier alpha value is -1.76. The van der Waals surface area contributed by atoms with Gasteiger partial charge in [0.15, 0.2) is 0 Å². The molecule has 1 unspecified atom stereocenters. The predicted molar refractivity (Wildman–Crippen MR) is 63.2 cm³/mol. The number of nitrogens with one attached hydrogen (secondary N) is 2. The summed E-state index contributed by atoms with van der Waals surface area (Å²) >= 11 is 4.79. The van der Waals surface area contributed by atoms with Crippen molar-refractivity contribution in [3.63, 3.8) is 0 Å². The smallest absolute Gasteiger partial charge is 0.272 e. The lowest BCUT2D eigenvalue weighted by Crippen LogP contribution is -2.43. The quantitative estimate of drug-likeness (QED) is 0.620. The van der Waals surface area contributed by atoms with E-state index in [9.17, 15) is 9.59 Å². The highest BCUT2D eigenvalue weighted by Gasteiger charge is 2.15. The molecule has 1 aromatic heterocycles. The number of amides is 1. The molecular weight excluding hydrogens is 228 g/mol. The second-order valence-corrected chi connectivity index (χ2v) is 3.61. The fourth-order valence-corrected chi connectivity index (χ4v) is 1.30. The fraction of sp³-hybridized carbons (Fsp3) is 0.333. The largest absolute Gasteiger partial charge is 0.392 e. The Morgan fingerprint density at radius 1 is 1.69 bits per heavy atom. The van der Waals surface area contributed by atoms with Crippen LogP contribution in [0.2, 0.25) is 0 Å². The van der Waals surface area contributed by atoms with Crippen LogP contribution in [0.15, 0.2) is 16.9 Å². The van der Waals surface area contributed by atoms with Crippen molar-refractivity contribution in [1.29, 1.82) is 0 Å². The summed E-state index contributed by atoms with van der Waals surface area (Å²) in [5.41, 5.74) is 5.19. The van der Waals surface area contributed by atoms with Gasteiger partial charge in [-0.2, -0.15) is 5.10 Å². The number of carbonyl (C=O) groups is 1. The van der Waals surface area contributed by atoms with E-state index < -0.39 is 5.91 Å². The first kappa shape index (κ1) is 12.3. The molecule has 4 N–H and O–H groups in total. The number of thiocarbonyl (C=S) groups is 1. The third kappa shape index (κ3) is 3.13. The summed E-state index contributed by atoms with van der Waals surface area (Å²) in [5, 5.41) is 8.37. The molecule has 0 saturated carbocycles. The lowest BCUT2D eigenvalue weighted by atomic mass is 10.2. The van der Waals surface area contributed by atoms with Gasteiger partial charge in [-0.15, -0.1) is 0 Å². The molecule has 0 radical (unpaired) electrons. The molecule has 7 heteroatoms.